The van der Waals surface area contributed by atoms with E-state index < -0.39 is 0 Å². The molecule has 2 nitrogen and oxygen atoms in total. The van der Waals surface area contributed by atoms with Gasteiger partial charge in [-0.1, -0.05) is 31.0 Å². The highest BCUT2D eigenvalue weighted by atomic mass is 32.2. The summed E-state index contributed by atoms with van der Waals surface area (Å²) in [7, 11) is 0. The van der Waals surface area contributed by atoms with Crippen LogP contribution in [0.3, 0.4) is 0 Å². The number of benzene rings is 1. The number of epoxide rings is 1. The Bertz CT molecular complexity index is 659. The van der Waals surface area contributed by atoms with Crippen molar-refractivity contribution in [3.8, 4) is 0 Å². The van der Waals surface area contributed by atoms with Crippen molar-refractivity contribution < 1.29 is 9.53 Å². The van der Waals surface area contributed by atoms with Gasteiger partial charge in [0.1, 0.15) is 5.78 Å². The number of thioether (sulfide) groups is 1. The first kappa shape index (κ1) is 15.5. The van der Waals surface area contributed by atoms with E-state index in [0.717, 1.165) is 31.4 Å². The molecule has 0 spiro atoms. The zero-order chi connectivity index (χ0) is 16.3. The van der Waals surface area contributed by atoms with E-state index in [1.54, 1.807) is 0 Å². The van der Waals surface area contributed by atoms with E-state index in [0.29, 0.717) is 11.7 Å². The zero-order valence-corrected chi connectivity index (χ0v) is 15.1. The summed E-state index contributed by atoms with van der Waals surface area (Å²) in [6.45, 7) is 0. The maximum absolute atomic E-state index is 13.1. The molecule has 0 bridgehead atoms. The van der Waals surface area contributed by atoms with Crippen molar-refractivity contribution in [1.82, 2.24) is 0 Å². The smallest absolute Gasteiger partial charge is 0.140 e. The number of Topliss-reactive ketones (excluding diaryl/α,β-unsaturated/α-hetero) is 1. The van der Waals surface area contributed by atoms with Crippen molar-refractivity contribution in [2.24, 2.45) is 11.3 Å². The van der Waals surface area contributed by atoms with E-state index in [1.807, 2.05) is 11.8 Å². The van der Waals surface area contributed by atoms with Crippen molar-refractivity contribution >= 4 is 17.5 Å². The van der Waals surface area contributed by atoms with Gasteiger partial charge in [0.05, 0.1) is 11.2 Å². The molecular formula is C21H26O2S. The van der Waals surface area contributed by atoms with Crippen molar-refractivity contribution in [2.45, 2.75) is 73.9 Å². The van der Waals surface area contributed by atoms with Gasteiger partial charge in [-0.3, -0.25) is 4.79 Å². The lowest BCUT2D eigenvalue weighted by Crippen LogP contribution is -2.54. The minimum absolute atomic E-state index is 0.0615. The average Bonchev–Trinajstić information content (AvgIpc) is 3.28. The monoisotopic (exact) mass is 342 g/mol. The number of hydrogen-bond acceptors (Lipinski definition) is 3. The van der Waals surface area contributed by atoms with Gasteiger partial charge in [0.15, 0.2) is 0 Å². The Balaban J connectivity index is 1.45. The van der Waals surface area contributed by atoms with Crippen LogP contribution in [-0.4, -0.2) is 22.7 Å². The van der Waals surface area contributed by atoms with Crippen molar-refractivity contribution in [2.75, 3.05) is 5.75 Å². The Labute approximate surface area is 148 Å². The number of fused-ring (bicyclic) bond motifs is 1. The summed E-state index contributed by atoms with van der Waals surface area (Å²) in [6, 6.07) is 10.6. The summed E-state index contributed by atoms with van der Waals surface area (Å²) >= 11 is 1.89. The molecule has 1 aliphatic heterocycles. The summed E-state index contributed by atoms with van der Waals surface area (Å²) in [5.41, 5.74) is 0.0938. The van der Waals surface area contributed by atoms with Crippen LogP contribution < -0.4 is 0 Å². The van der Waals surface area contributed by atoms with Gasteiger partial charge in [0.2, 0.25) is 0 Å². The molecule has 4 atom stereocenters. The third-order valence-electron chi connectivity index (χ3n) is 7.30. The highest BCUT2D eigenvalue weighted by Crippen LogP contribution is 2.71. The molecule has 3 heteroatoms. The Morgan fingerprint density at radius 3 is 2.71 bits per heavy atom. The molecule has 4 aliphatic rings. The number of ketones is 1. The number of ether oxygens (including phenoxy) is 1. The second kappa shape index (κ2) is 5.35. The van der Waals surface area contributed by atoms with Crippen molar-refractivity contribution in [1.29, 1.82) is 0 Å². The molecule has 5 rings (SSSR count). The lowest BCUT2D eigenvalue weighted by Gasteiger charge is -2.50. The Morgan fingerprint density at radius 2 is 1.88 bits per heavy atom. The van der Waals surface area contributed by atoms with Gasteiger partial charge in [0.25, 0.3) is 0 Å². The minimum Gasteiger partial charge on any atom is -0.362 e. The van der Waals surface area contributed by atoms with Crippen LogP contribution in [0.1, 0.15) is 57.8 Å². The lowest BCUT2D eigenvalue weighted by molar-refractivity contribution is -0.137. The maximum Gasteiger partial charge on any atom is 0.140 e. The van der Waals surface area contributed by atoms with Gasteiger partial charge < -0.3 is 4.74 Å². The molecule has 1 aromatic carbocycles. The summed E-state index contributed by atoms with van der Waals surface area (Å²) in [5, 5.41) is 0. The summed E-state index contributed by atoms with van der Waals surface area (Å²) in [4.78, 5) is 14.4. The van der Waals surface area contributed by atoms with Gasteiger partial charge in [-0.2, -0.15) is 0 Å². The van der Waals surface area contributed by atoms with Crippen LogP contribution in [0, 0.1) is 11.3 Å². The zero-order valence-electron chi connectivity index (χ0n) is 14.3. The van der Waals surface area contributed by atoms with E-state index in [1.165, 1.54) is 37.0 Å². The molecule has 1 heterocycles. The summed E-state index contributed by atoms with van der Waals surface area (Å²) < 4.78 is 6.47. The van der Waals surface area contributed by atoms with Crippen LogP contribution in [0.5, 0.6) is 0 Å². The molecule has 128 valence electrons. The van der Waals surface area contributed by atoms with E-state index in [9.17, 15) is 4.79 Å². The third-order valence-corrected chi connectivity index (χ3v) is 8.57. The Hall–Kier alpha value is -0.800. The predicted molar refractivity (Wildman–Crippen MR) is 96.2 cm³/mol. The van der Waals surface area contributed by atoms with Gasteiger partial charge >= 0.3 is 0 Å². The molecule has 1 aromatic rings. The van der Waals surface area contributed by atoms with E-state index in [-0.39, 0.29) is 16.6 Å². The van der Waals surface area contributed by atoms with Crippen LogP contribution in [0.2, 0.25) is 0 Å². The highest BCUT2D eigenvalue weighted by Gasteiger charge is 2.76. The molecule has 3 aliphatic carbocycles. The molecule has 3 saturated carbocycles. The second-order valence-electron chi connectivity index (χ2n) is 8.45. The van der Waals surface area contributed by atoms with Crippen LogP contribution >= 0.6 is 11.8 Å². The highest BCUT2D eigenvalue weighted by molar-refractivity contribution is 7.99. The van der Waals surface area contributed by atoms with Gasteiger partial charge in [0, 0.05) is 22.5 Å². The number of carbonyl (C=O) groups excluding carboxylic acids is 1. The summed E-state index contributed by atoms with van der Waals surface area (Å²) in [6.07, 6.45) is 10.3. The molecule has 1 saturated heterocycles. The van der Waals surface area contributed by atoms with Crippen LogP contribution in [0.15, 0.2) is 35.2 Å². The quantitative estimate of drug-likeness (QED) is 0.571. The van der Waals surface area contributed by atoms with E-state index in [2.05, 4.69) is 30.3 Å². The molecule has 0 radical (unpaired) electrons. The standard InChI is InChI=1S/C21H26O2S/c22-18-10-6-7-16-13-20-11-4-5-12-21(20,23-20)14-19(16,18)15-24-17-8-2-1-3-9-17/h1-3,8-9,16H,4-7,10-15H2/t16-,19+,20-,21+/m1/s1. The molecule has 4 fully saturated rings. The van der Waals surface area contributed by atoms with Crippen molar-refractivity contribution in [3.63, 3.8) is 0 Å². The van der Waals surface area contributed by atoms with Crippen molar-refractivity contribution in [3.05, 3.63) is 30.3 Å². The lowest BCUT2D eigenvalue weighted by atomic mass is 9.52. The van der Waals surface area contributed by atoms with E-state index >= 15 is 0 Å². The normalized spacial score (nSPS) is 43.5. The maximum atomic E-state index is 13.1. The van der Waals surface area contributed by atoms with Crippen LogP contribution in [0.25, 0.3) is 0 Å². The fourth-order valence-corrected chi connectivity index (χ4v) is 7.30. The van der Waals surface area contributed by atoms with Gasteiger partial charge in [-0.25, -0.2) is 0 Å². The third kappa shape index (κ3) is 2.10. The first-order valence-electron chi connectivity index (χ1n) is 9.60. The first-order chi connectivity index (χ1) is 11.7. The SMILES string of the molecule is O=C1CCC[C@@H]2C[C@]34CCCC[C@@]3(C[C@@]12CSc1ccccc1)O4. The fourth-order valence-electron chi connectivity index (χ4n) is 6.03. The second-order valence-corrected chi connectivity index (χ2v) is 9.50. The minimum atomic E-state index is -0.129. The van der Waals surface area contributed by atoms with E-state index in [4.69, 9.17) is 4.74 Å². The van der Waals surface area contributed by atoms with Gasteiger partial charge in [-0.15, -0.1) is 11.8 Å². The van der Waals surface area contributed by atoms with Crippen LogP contribution in [0.4, 0.5) is 0 Å². The average molecular weight is 343 g/mol. The molecule has 0 aromatic heterocycles. The van der Waals surface area contributed by atoms with Crippen LogP contribution in [-0.2, 0) is 9.53 Å². The largest absolute Gasteiger partial charge is 0.362 e. The fraction of sp³-hybridized carbons (Fsp3) is 0.667. The molecule has 0 unspecified atom stereocenters. The number of carbonyl (C=O) groups is 1. The van der Waals surface area contributed by atoms with Gasteiger partial charge in [-0.05, 0) is 56.6 Å². The Kier molecular flexibility index (Phi) is 3.44. The molecular weight excluding hydrogens is 316 g/mol. The number of hydrogen-bond donors (Lipinski definition) is 0. The summed E-state index contributed by atoms with van der Waals surface area (Å²) in [5.74, 6) is 2.02. The molecule has 24 heavy (non-hydrogen) atoms. The Morgan fingerprint density at radius 1 is 1.08 bits per heavy atom. The first-order valence-corrected chi connectivity index (χ1v) is 10.6. The predicted octanol–water partition coefficient (Wildman–Crippen LogP) is 5.01. The molecule has 0 amide bonds. The number of rotatable bonds is 3. The topological polar surface area (TPSA) is 29.6 Å². The molecule has 0 N–H and O–H groups in total.